The van der Waals surface area contributed by atoms with Crippen LogP contribution in [0.2, 0.25) is 0 Å². The van der Waals surface area contributed by atoms with Gasteiger partial charge in [0.25, 0.3) is 0 Å². The summed E-state index contributed by atoms with van der Waals surface area (Å²) in [7, 11) is 0. The van der Waals surface area contributed by atoms with E-state index >= 15 is 0 Å². The third-order valence-corrected chi connectivity index (χ3v) is 2.63. The van der Waals surface area contributed by atoms with E-state index in [1.54, 1.807) is 0 Å². The number of benzene rings is 1. The van der Waals surface area contributed by atoms with E-state index in [2.05, 4.69) is 23.2 Å². The van der Waals surface area contributed by atoms with Gasteiger partial charge in [0.15, 0.2) is 0 Å². The minimum absolute atomic E-state index is 0.216. The number of pyridine rings is 1. The molecule has 1 aromatic carbocycles. The van der Waals surface area contributed by atoms with E-state index in [9.17, 15) is 0 Å². The van der Waals surface area contributed by atoms with Crippen molar-refractivity contribution in [3.8, 4) is 11.1 Å². The summed E-state index contributed by atoms with van der Waals surface area (Å²) in [6.07, 6.45) is 4.57. The molecule has 2 nitrogen and oxygen atoms in total. The van der Waals surface area contributed by atoms with E-state index in [0.29, 0.717) is 0 Å². The zero-order valence-corrected chi connectivity index (χ0v) is 10.4. The van der Waals surface area contributed by atoms with Crippen LogP contribution in [0.4, 0.5) is 0 Å². The second-order valence-corrected chi connectivity index (χ2v) is 5.06. The Hall–Kier alpha value is -1.67. The average Bonchev–Trinajstić information content (AvgIpc) is 2.29. The maximum atomic E-state index is 6.09. The number of nitrogens with two attached hydrogens (primary N) is 1. The lowest BCUT2D eigenvalue weighted by Gasteiger charge is -2.20. The first-order chi connectivity index (χ1) is 8.06. The maximum absolute atomic E-state index is 6.09. The normalized spacial score (nSPS) is 11.5. The van der Waals surface area contributed by atoms with Crippen LogP contribution in [0.15, 0.2) is 48.8 Å². The molecular weight excluding hydrogens is 208 g/mol. The van der Waals surface area contributed by atoms with E-state index in [4.69, 9.17) is 5.73 Å². The highest BCUT2D eigenvalue weighted by molar-refractivity contribution is 5.66. The van der Waals surface area contributed by atoms with Crippen LogP contribution in [-0.4, -0.2) is 10.5 Å². The van der Waals surface area contributed by atoms with Gasteiger partial charge in [-0.3, -0.25) is 4.98 Å². The summed E-state index contributed by atoms with van der Waals surface area (Å²) in [5.74, 6) is 0. The second kappa shape index (κ2) is 4.68. The predicted octanol–water partition coefficient (Wildman–Crippen LogP) is 3.03. The monoisotopic (exact) mass is 226 g/mol. The summed E-state index contributed by atoms with van der Waals surface area (Å²) in [6.45, 7) is 4.07. The van der Waals surface area contributed by atoms with E-state index in [0.717, 1.165) is 6.42 Å². The molecule has 2 N–H and O–H groups in total. The van der Waals surface area contributed by atoms with Gasteiger partial charge in [-0.15, -0.1) is 0 Å². The lowest BCUT2D eigenvalue weighted by atomic mass is 9.92. The zero-order valence-electron chi connectivity index (χ0n) is 10.4. The highest BCUT2D eigenvalue weighted by Gasteiger charge is 2.15. The largest absolute Gasteiger partial charge is 0.325 e. The van der Waals surface area contributed by atoms with Crippen LogP contribution in [-0.2, 0) is 6.42 Å². The topological polar surface area (TPSA) is 38.9 Å². The summed E-state index contributed by atoms with van der Waals surface area (Å²) in [5, 5.41) is 0. The van der Waals surface area contributed by atoms with Crippen molar-refractivity contribution in [1.82, 2.24) is 4.98 Å². The molecule has 0 aliphatic rings. The Kier molecular flexibility index (Phi) is 3.25. The third-order valence-electron chi connectivity index (χ3n) is 2.63. The van der Waals surface area contributed by atoms with Crippen molar-refractivity contribution in [2.45, 2.75) is 25.8 Å². The molecule has 2 rings (SSSR count). The van der Waals surface area contributed by atoms with Gasteiger partial charge in [0.2, 0.25) is 0 Å². The molecule has 2 aromatic rings. The minimum atomic E-state index is -0.216. The Bertz CT molecular complexity index is 484. The Morgan fingerprint density at radius 3 is 2.47 bits per heavy atom. The quantitative estimate of drug-likeness (QED) is 0.873. The second-order valence-electron chi connectivity index (χ2n) is 5.06. The maximum Gasteiger partial charge on any atom is 0.0306 e. The fourth-order valence-electron chi connectivity index (χ4n) is 1.96. The van der Waals surface area contributed by atoms with Gasteiger partial charge in [-0.25, -0.2) is 0 Å². The van der Waals surface area contributed by atoms with Gasteiger partial charge < -0.3 is 5.73 Å². The summed E-state index contributed by atoms with van der Waals surface area (Å²) >= 11 is 0. The molecule has 0 fully saturated rings. The van der Waals surface area contributed by atoms with E-state index in [1.165, 1.54) is 16.7 Å². The highest BCUT2D eigenvalue weighted by atomic mass is 14.7. The molecule has 0 bridgehead atoms. The van der Waals surface area contributed by atoms with Gasteiger partial charge in [0.05, 0.1) is 0 Å². The summed E-state index contributed by atoms with van der Waals surface area (Å²) in [4.78, 5) is 4.20. The minimum Gasteiger partial charge on any atom is -0.325 e. The van der Waals surface area contributed by atoms with Crippen molar-refractivity contribution < 1.29 is 0 Å². The Morgan fingerprint density at radius 1 is 1.12 bits per heavy atom. The summed E-state index contributed by atoms with van der Waals surface area (Å²) in [6, 6.07) is 12.4. The molecule has 88 valence electrons. The molecule has 0 spiro atoms. The predicted molar refractivity (Wildman–Crippen MR) is 71.6 cm³/mol. The van der Waals surface area contributed by atoms with Crippen LogP contribution in [0.3, 0.4) is 0 Å². The van der Waals surface area contributed by atoms with Crippen molar-refractivity contribution in [1.29, 1.82) is 0 Å². The molecule has 0 aliphatic carbocycles. The van der Waals surface area contributed by atoms with Gasteiger partial charge in [0, 0.05) is 17.9 Å². The van der Waals surface area contributed by atoms with E-state index in [-0.39, 0.29) is 5.54 Å². The Balaban J connectivity index is 2.41. The van der Waals surface area contributed by atoms with Crippen molar-refractivity contribution in [3.05, 3.63) is 54.4 Å². The Morgan fingerprint density at radius 2 is 1.82 bits per heavy atom. The first-order valence-electron chi connectivity index (χ1n) is 5.83. The molecule has 0 radical (unpaired) electrons. The SMILES string of the molecule is CC(C)(N)Cc1cnccc1-c1ccccc1. The van der Waals surface area contributed by atoms with Gasteiger partial charge >= 0.3 is 0 Å². The molecule has 0 saturated carbocycles. The molecule has 0 atom stereocenters. The molecule has 1 heterocycles. The molecule has 0 aliphatic heterocycles. The lowest BCUT2D eigenvalue weighted by Crippen LogP contribution is -2.34. The summed E-state index contributed by atoms with van der Waals surface area (Å²) in [5.41, 5.74) is 9.51. The zero-order chi connectivity index (χ0) is 12.3. The van der Waals surface area contributed by atoms with Crippen LogP contribution >= 0.6 is 0 Å². The van der Waals surface area contributed by atoms with Crippen LogP contribution in [0.5, 0.6) is 0 Å². The molecule has 1 aromatic heterocycles. The van der Waals surface area contributed by atoms with E-state index in [1.807, 2.05) is 44.4 Å². The van der Waals surface area contributed by atoms with Crippen LogP contribution < -0.4 is 5.73 Å². The molecule has 0 saturated heterocycles. The number of aromatic nitrogens is 1. The lowest BCUT2D eigenvalue weighted by molar-refractivity contribution is 0.516. The van der Waals surface area contributed by atoms with Crippen LogP contribution in [0.1, 0.15) is 19.4 Å². The smallest absolute Gasteiger partial charge is 0.0306 e. The number of hydrogen-bond acceptors (Lipinski definition) is 2. The molecule has 0 amide bonds. The van der Waals surface area contributed by atoms with Gasteiger partial charge in [-0.2, -0.15) is 0 Å². The van der Waals surface area contributed by atoms with Crippen LogP contribution in [0, 0.1) is 0 Å². The molecule has 2 heteroatoms. The fourth-order valence-corrected chi connectivity index (χ4v) is 1.96. The average molecular weight is 226 g/mol. The fraction of sp³-hybridized carbons (Fsp3) is 0.267. The van der Waals surface area contributed by atoms with Crippen molar-refractivity contribution in [2.75, 3.05) is 0 Å². The van der Waals surface area contributed by atoms with Crippen LogP contribution in [0.25, 0.3) is 11.1 Å². The molecular formula is C15H18N2. The van der Waals surface area contributed by atoms with E-state index < -0.39 is 0 Å². The van der Waals surface area contributed by atoms with Gasteiger partial charge in [-0.1, -0.05) is 30.3 Å². The van der Waals surface area contributed by atoms with Gasteiger partial charge in [0.1, 0.15) is 0 Å². The first-order valence-corrected chi connectivity index (χ1v) is 5.83. The first kappa shape index (κ1) is 11.8. The Labute approximate surface area is 103 Å². The number of nitrogens with zero attached hydrogens (tertiary/aromatic N) is 1. The van der Waals surface area contributed by atoms with Crippen molar-refractivity contribution in [3.63, 3.8) is 0 Å². The van der Waals surface area contributed by atoms with Gasteiger partial charge in [-0.05, 0) is 43.0 Å². The van der Waals surface area contributed by atoms with Crippen molar-refractivity contribution in [2.24, 2.45) is 5.73 Å². The number of hydrogen-bond donors (Lipinski definition) is 1. The molecule has 17 heavy (non-hydrogen) atoms. The summed E-state index contributed by atoms with van der Waals surface area (Å²) < 4.78 is 0. The third kappa shape index (κ3) is 3.14. The van der Waals surface area contributed by atoms with Crippen molar-refractivity contribution >= 4 is 0 Å². The highest BCUT2D eigenvalue weighted by Crippen LogP contribution is 2.24. The number of rotatable bonds is 3. The molecule has 0 unspecified atom stereocenters. The standard InChI is InChI=1S/C15H18N2/c1-15(2,16)10-13-11-17-9-8-14(13)12-6-4-3-5-7-12/h3-9,11H,10,16H2,1-2H3.